The van der Waals surface area contributed by atoms with Crippen molar-refractivity contribution in [2.75, 3.05) is 13.2 Å². The number of hydrogen-bond donors (Lipinski definition) is 1. The molecule has 106 valence electrons. The lowest BCUT2D eigenvalue weighted by atomic mass is 9.85. The van der Waals surface area contributed by atoms with E-state index in [0.717, 1.165) is 31.2 Å². The van der Waals surface area contributed by atoms with Crippen molar-refractivity contribution in [1.82, 2.24) is 4.90 Å². The third-order valence-electron chi connectivity index (χ3n) is 4.63. The molecule has 1 fully saturated rings. The molecule has 0 radical (unpaired) electrons. The Hall–Kier alpha value is -1.68. The van der Waals surface area contributed by atoms with Gasteiger partial charge in [0.15, 0.2) is 0 Å². The molecule has 0 bridgehead atoms. The maximum absolute atomic E-state index is 12.5. The summed E-state index contributed by atoms with van der Waals surface area (Å²) in [6.07, 6.45) is 4.19. The van der Waals surface area contributed by atoms with Gasteiger partial charge >= 0.3 is 0 Å². The summed E-state index contributed by atoms with van der Waals surface area (Å²) in [5.41, 5.74) is 1.15. The molecule has 1 aliphatic heterocycles. The number of rotatable bonds is 3. The molecule has 0 saturated heterocycles. The van der Waals surface area contributed by atoms with Gasteiger partial charge in [0.2, 0.25) is 5.91 Å². The van der Waals surface area contributed by atoms with Crippen molar-refractivity contribution in [3.8, 4) is 0 Å². The van der Waals surface area contributed by atoms with Gasteiger partial charge < -0.3 is 5.11 Å². The van der Waals surface area contributed by atoms with E-state index < -0.39 is 0 Å². The number of aliphatic hydroxyl groups is 1. The number of aliphatic hydroxyl groups excluding tert-OH is 1. The Labute approximate surface area is 118 Å². The minimum Gasteiger partial charge on any atom is -0.396 e. The van der Waals surface area contributed by atoms with Gasteiger partial charge in [-0.1, -0.05) is 31.0 Å². The van der Waals surface area contributed by atoms with Crippen LogP contribution in [0.5, 0.6) is 0 Å². The molecule has 1 aromatic rings. The maximum atomic E-state index is 12.5. The van der Waals surface area contributed by atoms with E-state index in [1.54, 1.807) is 6.07 Å². The summed E-state index contributed by atoms with van der Waals surface area (Å²) in [4.78, 5) is 26.1. The Bertz CT molecular complexity index is 546. The molecule has 1 aliphatic carbocycles. The molecule has 1 heterocycles. The summed E-state index contributed by atoms with van der Waals surface area (Å²) in [5.74, 6) is -0.356. The number of carbonyl (C=O) groups excluding carboxylic acids is 2. The number of hydrogen-bond acceptors (Lipinski definition) is 3. The van der Waals surface area contributed by atoms with Crippen LogP contribution in [-0.2, 0) is 11.2 Å². The Morgan fingerprint density at radius 3 is 2.55 bits per heavy atom. The molecule has 3 rings (SSSR count). The molecule has 4 heteroatoms. The van der Waals surface area contributed by atoms with Crippen LogP contribution < -0.4 is 0 Å². The largest absolute Gasteiger partial charge is 0.396 e. The second kappa shape index (κ2) is 5.02. The average molecular weight is 273 g/mol. The van der Waals surface area contributed by atoms with E-state index in [2.05, 4.69) is 0 Å². The van der Waals surface area contributed by atoms with Crippen LogP contribution in [0.15, 0.2) is 24.3 Å². The first-order valence-electron chi connectivity index (χ1n) is 7.19. The quantitative estimate of drug-likeness (QED) is 0.854. The van der Waals surface area contributed by atoms with Crippen molar-refractivity contribution < 1.29 is 14.7 Å². The van der Waals surface area contributed by atoms with Gasteiger partial charge in [0.05, 0.1) is 13.0 Å². The topological polar surface area (TPSA) is 57.6 Å². The van der Waals surface area contributed by atoms with Crippen LogP contribution in [0, 0.1) is 5.41 Å². The van der Waals surface area contributed by atoms with E-state index in [4.69, 9.17) is 0 Å². The van der Waals surface area contributed by atoms with E-state index >= 15 is 0 Å². The molecular weight excluding hydrogens is 254 g/mol. The van der Waals surface area contributed by atoms with Gasteiger partial charge in [-0.3, -0.25) is 14.5 Å². The van der Waals surface area contributed by atoms with E-state index in [1.165, 1.54) is 4.90 Å². The molecule has 2 amide bonds. The smallest absolute Gasteiger partial charge is 0.260 e. The lowest BCUT2D eigenvalue weighted by Gasteiger charge is -2.35. The van der Waals surface area contributed by atoms with E-state index in [9.17, 15) is 14.7 Å². The highest BCUT2D eigenvalue weighted by Crippen LogP contribution is 2.39. The zero-order valence-corrected chi connectivity index (χ0v) is 11.5. The predicted octanol–water partition coefficient (Wildman–Crippen LogP) is 1.76. The molecule has 4 nitrogen and oxygen atoms in total. The Morgan fingerprint density at radius 2 is 1.85 bits per heavy atom. The number of nitrogens with zero attached hydrogens (tertiary/aromatic N) is 1. The summed E-state index contributed by atoms with van der Waals surface area (Å²) in [5, 5.41) is 9.67. The summed E-state index contributed by atoms with van der Waals surface area (Å²) in [6.45, 7) is 0.404. The first-order valence-corrected chi connectivity index (χ1v) is 7.19. The number of benzene rings is 1. The molecule has 1 aromatic carbocycles. The van der Waals surface area contributed by atoms with Gasteiger partial charge in [0.1, 0.15) is 0 Å². The summed E-state index contributed by atoms with van der Waals surface area (Å²) in [6, 6.07) is 7.28. The van der Waals surface area contributed by atoms with E-state index in [1.807, 2.05) is 18.2 Å². The number of amides is 2. The molecule has 0 unspecified atom stereocenters. The van der Waals surface area contributed by atoms with Crippen LogP contribution in [0.25, 0.3) is 0 Å². The normalized spacial score (nSPS) is 21.1. The third-order valence-corrected chi connectivity index (χ3v) is 4.63. The second-order valence-corrected chi connectivity index (χ2v) is 5.98. The van der Waals surface area contributed by atoms with Gasteiger partial charge in [-0.15, -0.1) is 0 Å². The van der Waals surface area contributed by atoms with Gasteiger partial charge in [0, 0.05) is 17.5 Å². The molecule has 1 N–H and O–H groups in total. The monoisotopic (exact) mass is 273 g/mol. The molecule has 0 atom stereocenters. The van der Waals surface area contributed by atoms with Crippen molar-refractivity contribution in [3.63, 3.8) is 0 Å². The number of carbonyl (C=O) groups is 2. The summed E-state index contributed by atoms with van der Waals surface area (Å²) >= 11 is 0. The minimum atomic E-state index is -0.280. The minimum absolute atomic E-state index is 0.0473. The molecular formula is C16H19NO3. The average Bonchev–Trinajstić information content (AvgIpc) is 2.93. The lowest BCUT2D eigenvalue weighted by Crippen LogP contribution is -2.48. The number of imide groups is 1. The maximum Gasteiger partial charge on any atom is 0.260 e. The van der Waals surface area contributed by atoms with Crippen LogP contribution in [0.4, 0.5) is 0 Å². The summed E-state index contributed by atoms with van der Waals surface area (Å²) in [7, 11) is 0. The molecule has 0 spiro atoms. The van der Waals surface area contributed by atoms with Crippen molar-refractivity contribution in [2.24, 2.45) is 5.41 Å². The highest BCUT2D eigenvalue weighted by molar-refractivity contribution is 6.09. The third kappa shape index (κ3) is 2.14. The number of fused-ring (bicyclic) bond motifs is 1. The van der Waals surface area contributed by atoms with Crippen LogP contribution in [0.1, 0.15) is 41.6 Å². The second-order valence-electron chi connectivity index (χ2n) is 5.98. The fraction of sp³-hybridized carbons (Fsp3) is 0.500. The molecule has 2 aliphatic rings. The van der Waals surface area contributed by atoms with E-state index in [0.29, 0.717) is 12.1 Å². The van der Waals surface area contributed by atoms with Crippen LogP contribution in [-0.4, -0.2) is 35.0 Å². The Balaban J connectivity index is 1.87. The first-order chi connectivity index (χ1) is 9.65. The molecule has 20 heavy (non-hydrogen) atoms. The highest BCUT2D eigenvalue weighted by atomic mass is 16.3. The van der Waals surface area contributed by atoms with Crippen molar-refractivity contribution in [1.29, 1.82) is 0 Å². The first kappa shape index (κ1) is 13.3. The van der Waals surface area contributed by atoms with Gasteiger partial charge in [-0.25, -0.2) is 0 Å². The standard InChI is InChI=1S/C16H19NO3/c18-11-16(7-3-4-8-16)10-17-14(19)9-12-5-1-2-6-13(12)15(17)20/h1-2,5-6,18H,3-4,7-11H2. The summed E-state index contributed by atoms with van der Waals surface area (Å²) < 4.78 is 0. The zero-order chi connectivity index (χ0) is 14.2. The van der Waals surface area contributed by atoms with Crippen molar-refractivity contribution in [3.05, 3.63) is 35.4 Å². The lowest BCUT2D eigenvalue weighted by molar-refractivity contribution is -0.130. The Kier molecular flexibility index (Phi) is 3.34. The van der Waals surface area contributed by atoms with Gasteiger partial charge in [-0.05, 0) is 24.5 Å². The Morgan fingerprint density at radius 1 is 1.15 bits per heavy atom. The fourth-order valence-electron chi connectivity index (χ4n) is 3.39. The zero-order valence-electron chi connectivity index (χ0n) is 11.5. The van der Waals surface area contributed by atoms with Crippen LogP contribution in [0.2, 0.25) is 0 Å². The van der Waals surface area contributed by atoms with Crippen molar-refractivity contribution in [2.45, 2.75) is 32.1 Å². The van der Waals surface area contributed by atoms with Crippen LogP contribution in [0.3, 0.4) is 0 Å². The fourth-order valence-corrected chi connectivity index (χ4v) is 3.39. The van der Waals surface area contributed by atoms with E-state index in [-0.39, 0.29) is 30.3 Å². The van der Waals surface area contributed by atoms with Crippen LogP contribution >= 0.6 is 0 Å². The van der Waals surface area contributed by atoms with Crippen molar-refractivity contribution >= 4 is 11.8 Å². The highest BCUT2D eigenvalue weighted by Gasteiger charge is 2.40. The SMILES string of the molecule is O=C1Cc2ccccc2C(=O)N1CC1(CO)CCCC1. The molecule has 0 aromatic heterocycles. The van der Waals surface area contributed by atoms with Gasteiger partial charge in [-0.2, -0.15) is 0 Å². The predicted molar refractivity (Wildman–Crippen MR) is 74.2 cm³/mol. The van der Waals surface area contributed by atoms with Gasteiger partial charge in [0.25, 0.3) is 5.91 Å². The molecule has 1 saturated carbocycles.